The molecule has 2 atom stereocenters. The fourth-order valence-electron chi connectivity index (χ4n) is 2.75. The van der Waals surface area contributed by atoms with Crippen LogP contribution in [0, 0.1) is 5.92 Å². The van der Waals surface area contributed by atoms with E-state index in [-0.39, 0.29) is 0 Å². The zero-order chi connectivity index (χ0) is 14.5. The van der Waals surface area contributed by atoms with E-state index in [0.29, 0.717) is 16.6 Å². The van der Waals surface area contributed by atoms with E-state index in [9.17, 15) is 4.79 Å². The van der Waals surface area contributed by atoms with E-state index in [1.54, 1.807) is 12.1 Å². The first kappa shape index (κ1) is 15.2. The number of methoxy groups -OCH3 is 1. The van der Waals surface area contributed by atoms with Gasteiger partial charge in [-0.2, -0.15) is 0 Å². The molecule has 3 nitrogen and oxygen atoms in total. The molecule has 0 aromatic heterocycles. The van der Waals surface area contributed by atoms with Gasteiger partial charge in [-0.25, -0.2) is 4.79 Å². The minimum Gasteiger partial charge on any atom is -0.465 e. The minimum atomic E-state index is -0.395. The molecule has 0 radical (unpaired) electrons. The lowest BCUT2D eigenvalue weighted by Crippen LogP contribution is -2.18. The standard InChI is InChI=1S/C16H22ClNO2/c1-11-4-3-5-12(7-6-11)18-13-8-9-15(17)14(10-13)16(19)20-2/h8-12,18H,3-7H2,1-2H3. The molecule has 1 saturated carbocycles. The van der Waals surface area contributed by atoms with Gasteiger partial charge in [-0.05, 0) is 43.4 Å². The number of anilines is 1. The Bertz CT molecular complexity index is 476. The van der Waals surface area contributed by atoms with Gasteiger partial charge in [-0.1, -0.05) is 31.4 Å². The van der Waals surface area contributed by atoms with Crippen LogP contribution in [0.4, 0.5) is 5.69 Å². The van der Waals surface area contributed by atoms with Crippen LogP contribution in [0.5, 0.6) is 0 Å². The molecule has 0 heterocycles. The van der Waals surface area contributed by atoms with Crippen LogP contribution in [-0.4, -0.2) is 19.1 Å². The maximum absolute atomic E-state index is 11.6. The molecule has 0 saturated heterocycles. The van der Waals surface area contributed by atoms with Crippen molar-refractivity contribution in [2.45, 2.75) is 45.1 Å². The SMILES string of the molecule is COC(=O)c1cc(NC2CCCC(C)CC2)ccc1Cl. The average molecular weight is 296 g/mol. The molecule has 1 N–H and O–H groups in total. The van der Waals surface area contributed by atoms with Crippen molar-refractivity contribution in [1.82, 2.24) is 0 Å². The van der Waals surface area contributed by atoms with Crippen molar-refractivity contribution < 1.29 is 9.53 Å². The normalized spacial score (nSPS) is 22.9. The molecule has 20 heavy (non-hydrogen) atoms. The first-order chi connectivity index (χ1) is 9.60. The molecule has 2 rings (SSSR count). The lowest BCUT2D eigenvalue weighted by molar-refractivity contribution is 0.0601. The summed E-state index contributed by atoms with van der Waals surface area (Å²) in [6.07, 6.45) is 6.19. The number of benzene rings is 1. The molecule has 1 aromatic rings. The lowest BCUT2D eigenvalue weighted by Gasteiger charge is -2.18. The van der Waals surface area contributed by atoms with Gasteiger partial charge >= 0.3 is 5.97 Å². The number of hydrogen-bond donors (Lipinski definition) is 1. The van der Waals surface area contributed by atoms with Crippen molar-refractivity contribution in [2.75, 3.05) is 12.4 Å². The van der Waals surface area contributed by atoms with E-state index < -0.39 is 5.97 Å². The number of halogens is 1. The summed E-state index contributed by atoms with van der Waals surface area (Å²) in [7, 11) is 1.37. The zero-order valence-corrected chi connectivity index (χ0v) is 12.9. The lowest BCUT2D eigenvalue weighted by atomic mass is 10.0. The minimum absolute atomic E-state index is 0.395. The number of rotatable bonds is 3. The monoisotopic (exact) mass is 295 g/mol. The van der Waals surface area contributed by atoms with Crippen LogP contribution in [0.25, 0.3) is 0 Å². The van der Waals surface area contributed by atoms with Gasteiger partial charge in [0.1, 0.15) is 0 Å². The molecular formula is C16H22ClNO2. The summed E-state index contributed by atoms with van der Waals surface area (Å²) < 4.78 is 4.74. The van der Waals surface area contributed by atoms with Crippen molar-refractivity contribution in [3.8, 4) is 0 Å². The van der Waals surface area contributed by atoms with Crippen molar-refractivity contribution in [2.24, 2.45) is 5.92 Å². The summed E-state index contributed by atoms with van der Waals surface area (Å²) in [5.74, 6) is 0.422. The van der Waals surface area contributed by atoms with E-state index in [4.69, 9.17) is 16.3 Å². The van der Waals surface area contributed by atoms with Gasteiger partial charge in [0, 0.05) is 11.7 Å². The molecule has 1 aliphatic carbocycles. The summed E-state index contributed by atoms with van der Waals surface area (Å²) in [5.41, 5.74) is 1.36. The summed E-state index contributed by atoms with van der Waals surface area (Å²) in [6, 6.07) is 5.92. The second kappa shape index (κ2) is 6.98. The molecule has 110 valence electrons. The number of ether oxygens (including phenoxy) is 1. The second-order valence-electron chi connectivity index (χ2n) is 5.64. The van der Waals surface area contributed by atoms with Gasteiger partial charge in [-0.15, -0.1) is 0 Å². The maximum Gasteiger partial charge on any atom is 0.339 e. The Morgan fingerprint density at radius 1 is 1.30 bits per heavy atom. The molecule has 0 bridgehead atoms. The molecule has 4 heteroatoms. The Balaban J connectivity index is 2.07. The van der Waals surface area contributed by atoms with Crippen molar-refractivity contribution >= 4 is 23.3 Å². The number of carbonyl (C=O) groups excluding carboxylic acids is 1. The van der Waals surface area contributed by atoms with E-state index >= 15 is 0 Å². The van der Waals surface area contributed by atoms with Crippen molar-refractivity contribution in [3.05, 3.63) is 28.8 Å². The predicted molar refractivity (Wildman–Crippen MR) is 82.5 cm³/mol. The van der Waals surface area contributed by atoms with Crippen LogP contribution in [-0.2, 0) is 4.74 Å². The van der Waals surface area contributed by atoms with Gasteiger partial charge in [0.25, 0.3) is 0 Å². The first-order valence-electron chi connectivity index (χ1n) is 7.24. The van der Waals surface area contributed by atoms with Crippen molar-refractivity contribution in [3.63, 3.8) is 0 Å². The van der Waals surface area contributed by atoms with E-state index in [1.165, 1.54) is 39.2 Å². The Hall–Kier alpha value is -1.22. The van der Waals surface area contributed by atoms with Gasteiger partial charge in [-0.3, -0.25) is 0 Å². The highest BCUT2D eigenvalue weighted by molar-refractivity contribution is 6.33. The second-order valence-corrected chi connectivity index (χ2v) is 6.05. The number of nitrogens with one attached hydrogen (secondary N) is 1. The zero-order valence-electron chi connectivity index (χ0n) is 12.1. The molecule has 0 spiro atoms. The van der Waals surface area contributed by atoms with Gasteiger partial charge in [0.05, 0.1) is 17.7 Å². The maximum atomic E-state index is 11.6. The smallest absolute Gasteiger partial charge is 0.339 e. The topological polar surface area (TPSA) is 38.3 Å². The Kier molecular flexibility index (Phi) is 5.30. The van der Waals surface area contributed by atoms with Crippen LogP contribution in [0.1, 0.15) is 49.4 Å². The molecule has 0 amide bonds. The van der Waals surface area contributed by atoms with Gasteiger partial charge < -0.3 is 10.1 Å². The quantitative estimate of drug-likeness (QED) is 0.659. The van der Waals surface area contributed by atoms with Crippen LogP contribution in [0.15, 0.2) is 18.2 Å². The van der Waals surface area contributed by atoms with Crippen LogP contribution < -0.4 is 5.32 Å². The summed E-state index contributed by atoms with van der Waals surface area (Å²) >= 11 is 6.03. The average Bonchev–Trinajstić information content (AvgIpc) is 2.65. The highest BCUT2D eigenvalue weighted by Crippen LogP contribution is 2.27. The van der Waals surface area contributed by atoms with Gasteiger partial charge in [0.15, 0.2) is 0 Å². The fourth-order valence-corrected chi connectivity index (χ4v) is 2.94. The van der Waals surface area contributed by atoms with Crippen LogP contribution in [0.3, 0.4) is 0 Å². The highest BCUT2D eigenvalue weighted by atomic mass is 35.5. The Labute approximate surface area is 125 Å². The summed E-state index contributed by atoms with van der Waals surface area (Å²) in [5, 5.41) is 3.95. The molecular weight excluding hydrogens is 274 g/mol. The molecule has 2 unspecified atom stereocenters. The summed E-state index contributed by atoms with van der Waals surface area (Å²) in [6.45, 7) is 2.32. The number of esters is 1. The Morgan fingerprint density at radius 3 is 2.85 bits per heavy atom. The molecule has 1 fully saturated rings. The largest absolute Gasteiger partial charge is 0.465 e. The Morgan fingerprint density at radius 2 is 2.10 bits per heavy atom. The molecule has 1 aliphatic rings. The number of hydrogen-bond acceptors (Lipinski definition) is 3. The first-order valence-corrected chi connectivity index (χ1v) is 7.62. The highest BCUT2D eigenvalue weighted by Gasteiger charge is 2.17. The van der Waals surface area contributed by atoms with E-state index in [0.717, 1.165) is 11.6 Å². The number of carbonyl (C=O) groups is 1. The van der Waals surface area contributed by atoms with Crippen LogP contribution >= 0.6 is 11.6 Å². The molecule has 1 aromatic carbocycles. The third-order valence-corrected chi connectivity index (χ3v) is 4.33. The predicted octanol–water partition coefficient (Wildman–Crippen LogP) is 4.51. The third-order valence-electron chi connectivity index (χ3n) is 4.00. The van der Waals surface area contributed by atoms with E-state index in [1.807, 2.05) is 6.07 Å². The van der Waals surface area contributed by atoms with Crippen molar-refractivity contribution in [1.29, 1.82) is 0 Å². The summed E-state index contributed by atoms with van der Waals surface area (Å²) in [4.78, 5) is 11.6. The van der Waals surface area contributed by atoms with E-state index in [2.05, 4.69) is 12.2 Å². The van der Waals surface area contributed by atoms with Gasteiger partial charge in [0.2, 0.25) is 0 Å². The fraction of sp³-hybridized carbons (Fsp3) is 0.562. The van der Waals surface area contributed by atoms with Crippen LogP contribution in [0.2, 0.25) is 5.02 Å². The molecule has 0 aliphatic heterocycles. The third kappa shape index (κ3) is 3.89.